The standard InChI is InChI=1S/C16H20F3NO3/c1-9(21)5-11(20-15(22)23-16(2,3)4)6-10-7-13(18)14(19)8-12(10)17/h7-8,11H,5-6H2,1-4H3,(H,20,22)/t11-/m0/s1. The zero-order valence-electron chi connectivity index (χ0n) is 13.5. The third kappa shape index (κ3) is 6.71. The van der Waals surface area contributed by atoms with Crippen LogP contribution in [0.5, 0.6) is 0 Å². The highest BCUT2D eigenvalue weighted by Crippen LogP contribution is 2.17. The Bertz CT molecular complexity index is 597. The Morgan fingerprint density at radius 1 is 1.13 bits per heavy atom. The second kappa shape index (κ2) is 7.48. The molecule has 7 heteroatoms. The van der Waals surface area contributed by atoms with Gasteiger partial charge in [0.1, 0.15) is 17.2 Å². The first-order chi connectivity index (χ1) is 10.5. The van der Waals surface area contributed by atoms with Gasteiger partial charge in [-0.3, -0.25) is 4.79 Å². The third-order valence-electron chi connectivity index (χ3n) is 2.81. The first-order valence-corrected chi connectivity index (χ1v) is 7.10. The maximum Gasteiger partial charge on any atom is 0.407 e. The zero-order chi connectivity index (χ0) is 17.8. The lowest BCUT2D eigenvalue weighted by molar-refractivity contribution is -0.117. The molecular weight excluding hydrogens is 311 g/mol. The van der Waals surface area contributed by atoms with Crippen molar-refractivity contribution in [2.45, 2.75) is 52.2 Å². The zero-order valence-corrected chi connectivity index (χ0v) is 13.5. The van der Waals surface area contributed by atoms with Gasteiger partial charge in [-0.2, -0.15) is 0 Å². The minimum atomic E-state index is -1.30. The number of nitrogens with one attached hydrogen (secondary N) is 1. The molecule has 0 unspecified atom stereocenters. The second-order valence-electron chi connectivity index (χ2n) is 6.31. The molecule has 1 N–H and O–H groups in total. The van der Waals surface area contributed by atoms with Gasteiger partial charge in [0.05, 0.1) is 0 Å². The normalized spacial score (nSPS) is 12.7. The summed E-state index contributed by atoms with van der Waals surface area (Å²) in [6.45, 7) is 6.32. The van der Waals surface area contributed by atoms with Crippen LogP contribution in [0.4, 0.5) is 18.0 Å². The monoisotopic (exact) mass is 331 g/mol. The van der Waals surface area contributed by atoms with E-state index in [4.69, 9.17) is 4.74 Å². The fourth-order valence-corrected chi connectivity index (χ4v) is 1.98. The van der Waals surface area contributed by atoms with Gasteiger partial charge >= 0.3 is 6.09 Å². The smallest absolute Gasteiger partial charge is 0.407 e. The third-order valence-corrected chi connectivity index (χ3v) is 2.81. The Balaban J connectivity index is 2.89. The fraction of sp³-hybridized carbons (Fsp3) is 0.500. The molecule has 0 fully saturated rings. The minimum absolute atomic E-state index is 0.0856. The Labute approximate surface area is 133 Å². The molecule has 1 aromatic rings. The molecule has 0 saturated heterocycles. The van der Waals surface area contributed by atoms with Gasteiger partial charge in [-0.1, -0.05) is 0 Å². The van der Waals surface area contributed by atoms with Crippen molar-refractivity contribution in [1.82, 2.24) is 5.32 Å². The van der Waals surface area contributed by atoms with Crippen molar-refractivity contribution in [3.8, 4) is 0 Å². The van der Waals surface area contributed by atoms with Gasteiger partial charge in [0.2, 0.25) is 0 Å². The fourth-order valence-electron chi connectivity index (χ4n) is 1.98. The highest BCUT2D eigenvalue weighted by molar-refractivity contribution is 5.77. The summed E-state index contributed by atoms with van der Waals surface area (Å²) in [5, 5.41) is 2.45. The van der Waals surface area contributed by atoms with Crippen LogP contribution in [0.15, 0.2) is 12.1 Å². The first-order valence-electron chi connectivity index (χ1n) is 7.10. The number of Topliss-reactive ketones (excluding diaryl/α,β-unsaturated/α-hetero) is 1. The predicted molar refractivity (Wildman–Crippen MR) is 78.5 cm³/mol. The van der Waals surface area contributed by atoms with E-state index in [1.165, 1.54) is 6.92 Å². The van der Waals surface area contributed by atoms with E-state index in [1.54, 1.807) is 20.8 Å². The number of hydrogen-bond donors (Lipinski definition) is 1. The summed E-state index contributed by atoms with van der Waals surface area (Å²) in [5.74, 6) is -3.67. The first kappa shape index (κ1) is 19.0. The van der Waals surface area contributed by atoms with E-state index >= 15 is 0 Å². The van der Waals surface area contributed by atoms with Gasteiger partial charge in [-0.05, 0) is 45.7 Å². The minimum Gasteiger partial charge on any atom is -0.444 e. The maximum atomic E-state index is 13.7. The number of alkyl carbamates (subject to hydrolysis) is 1. The van der Waals surface area contributed by atoms with E-state index in [9.17, 15) is 22.8 Å². The summed E-state index contributed by atoms with van der Waals surface area (Å²) in [6.07, 6.45) is -1.02. The van der Waals surface area contributed by atoms with Crippen molar-refractivity contribution < 1.29 is 27.5 Å². The summed E-state index contributed by atoms with van der Waals surface area (Å²) < 4.78 is 45.0. The molecule has 0 heterocycles. The molecule has 128 valence electrons. The van der Waals surface area contributed by atoms with Crippen molar-refractivity contribution >= 4 is 11.9 Å². The summed E-state index contributed by atoms with van der Waals surface area (Å²) in [5.41, 5.74) is -0.871. The SMILES string of the molecule is CC(=O)C[C@@H](Cc1cc(F)c(F)cc1F)NC(=O)OC(C)(C)C. The number of carbonyl (C=O) groups is 2. The number of ether oxygens (including phenoxy) is 1. The van der Waals surface area contributed by atoms with Crippen molar-refractivity contribution in [2.24, 2.45) is 0 Å². The molecule has 4 nitrogen and oxygen atoms in total. The Hall–Kier alpha value is -2.05. The number of ketones is 1. The van der Waals surface area contributed by atoms with Crippen molar-refractivity contribution in [3.63, 3.8) is 0 Å². The van der Waals surface area contributed by atoms with Crippen LogP contribution in [0.1, 0.15) is 39.7 Å². The number of benzene rings is 1. The van der Waals surface area contributed by atoms with Crippen LogP contribution < -0.4 is 5.32 Å². The Morgan fingerprint density at radius 2 is 1.70 bits per heavy atom. The van der Waals surface area contributed by atoms with Crippen LogP contribution in [0.2, 0.25) is 0 Å². The summed E-state index contributed by atoms with van der Waals surface area (Å²) in [4.78, 5) is 23.1. The average Bonchev–Trinajstić information content (AvgIpc) is 2.32. The molecule has 0 aliphatic rings. The quantitative estimate of drug-likeness (QED) is 0.840. The van der Waals surface area contributed by atoms with Gasteiger partial charge in [0.25, 0.3) is 0 Å². The summed E-state index contributed by atoms with van der Waals surface area (Å²) in [6, 6.07) is 0.360. The van der Waals surface area contributed by atoms with Crippen LogP contribution >= 0.6 is 0 Å². The number of carbonyl (C=O) groups excluding carboxylic acids is 2. The molecule has 0 aliphatic heterocycles. The lowest BCUT2D eigenvalue weighted by atomic mass is 10.0. The van der Waals surface area contributed by atoms with Crippen LogP contribution in [-0.4, -0.2) is 23.5 Å². The van der Waals surface area contributed by atoms with Crippen LogP contribution in [-0.2, 0) is 16.0 Å². The topological polar surface area (TPSA) is 55.4 Å². The molecule has 1 atom stereocenters. The highest BCUT2D eigenvalue weighted by Gasteiger charge is 2.22. The number of rotatable bonds is 5. The molecule has 0 aliphatic carbocycles. The molecule has 0 spiro atoms. The Morgan fingerprint density at radius 3 is 2.22 bits per heavy atom. The number of amides is 1. The molecule has 0 aromatic heterocycles. The van der Waals surface area contributed by atoms with Gasteiger partial charge in [-0.25, -0.2) is 18.0 Å². The molecule has 1 amide bonds. The van der Waals surface area contributed by atoms with Crippen LogP contribution in [0.25, 0.3) is 0 Å². The van der Waals surface area contributed by atoms with E-state index in [0.29, 0.717) is 12.1 Å². The van der Waals surface area contributed by atoms with Gasteiger partial charge in [-0.15, -0.1) is 0 Å². The lowest BCUT2D eigenvalue weighted by Gasteiger charge is -2.23. The number of halogens is 3. The molecule has 1 rings (SSSR count). The van der Waals surface area contributed by atoms with Crippen molar-refractivity contribution in [2.75, 3.05) is 0 Å². The lowest BCUT2D eigenvalue weighted by Crippen LogP contribution is -2.41. The van der Waals surface area contributed by atoms with Crippen molar-refractivity contribution in [3.05, 3.63) is 35.1 Å². The van der Waals surface area contributed by atoms with E-state index in [2.05, 4.69) is 5.32 Å². The van der Waals surface area contributed by atoms with E-state index in [0.717, 1.165) is 0 Å². The van der Waals surface area contributed by atoms with E-state index in [1.807, 2.05) is 0 Å². The van der Waals surface area contributed by atoms with Crippen molar-refractivity contribution in [1.29, 1.82) is 0 Å². The molecule has 23 heavy (non-hydrogen) atoms. The van der Waals surface area contributed by atoms with Crippen LogP contribution in [0, 0.1) is 17.5 Å². The van der Waals surface area contributed by atoms with Gasteiger partial charge in [0.15, 0.2) is 11.6 Å². The second-order valence-corrected chi connectivity index (χ2v) is 6.31. The Kier molecular flexibility index (Phi) is 6.18. The molecule has 0 radical (unpaired) electrons. The molecule has 0 saturated carbocycles. The average molecular weight is 331 g/mol. The van der Waals surface area contributed by atoms with Crippen LogP contribution in [0.3, 0.4) is 0 Å². The van der Waals surface area contributed by atoms with E-state index in [-0.39, 0.29) is 24.2 Å². The largest absolute Gasteiger partial charge is 0.444 e. The number of hydrogen-bond acceptors (Lipinski definition) is 3. The predicted octanol–water partition coefficient (Wildman–Crippen LogP) is 3.52. The summed E-state index contributed by atoms with van der Waals surface area (Å²) in [7, 11) is 0. The summed E-state index contributed by atoms with van der Waals surface area (Å²) >= 11 is 0. The van der Waals surface area contributed by atoms with E-state index < -0.39 is 35.2 Å². The maximum absolute atomic E-state index is 13.7. The van der Waals surface area contributed by atoms with Gasteiger partial charge < -0.3 is 10.1 Å². The molecule has 0 bridgehead atoms. The van der Waals surface area contributed by atoms with Gasteiger partial charge in [0, 0.05) is 18.5 Å². The molecular formula is C16H20F3NO3. The highest BCUT2D eigenvalue weighted by atomic mass is 19.2. The molecule has 1 aromatic carbocycles.